The van der Waals surface area contributed by atoms with Crippen molar-refractivity contribution in [3.05, 3.63) is 54.0 Å². The fourth-order valence-corrected chi connectivity index (χ4v) is 1.91. The van der Waals surface area contributed by atoms with E-state index in [0.29, 0.717) is 17.8 Å². The van der Waals surface area contributed by atoms with Crippen molar-refractivity contribution in [2.24, 2.45) is 0 Å². The van der Waals surface area contributed by atoms with E-state index >= 15 is 0 Å². The van der Waals surface area contributed by atoms with E-state index in [1.54, 1.807) is 30.5 Å². The lowest BCUT2D eigenvalue weighted by Crippen LogP contribution is -2.35. The smallest absolute Gasteiger partial charge is 0.179 e. The number of nitrogen functional groups attached to an aromatic ring is 1. The number of rotatable bonds is 6. The number of hydrogen-bond donors (Lipinski definition) is 2. The number of carbonyl (C=O) groups is 1. The Bertz CT molecular complexity index is 518. The molecule has 0 saturated carbocycles. The third-order valence-corrected chi connectivity index (χ3v) is 3.02. The molecule has 0 saturated heterocycles. The molecule has 0 aliphatic rings. The maximum atomic E-state index is 12.3. The number of furan rings is 1. The van der Waals surface area contributed by atoms with E-state index in [4.69, 9.17) is 10.2 Å². The van der Waals surface area contributed by atoms with Gasteiger partial charge in [0.25, 0.3) is 0 Å². The highest BCUT2D eigenvalue weighted by Gasteiger charge is 2.17. The molecular weight excluding hydrogens is 240 g/mol. The SMILES string of the molecule is CCC(NCc1ccco1)C(=O)c1ccc(N)cc1. The van der Waals surface area contributed by atoms with Crippen LogP contribution in [0.2, 0.25) is 0 Å². The van der Waals surface area contributed by atoms with Gasteiger partial charge in [-0.05, 0) is 42.8 Å². The van der Waals surface area contributed by atoms with Crippen LogP contribution in [-0.2, 0) is 6.54 Å². The number of benzene rings is 1. The fourth-order valence-electron chi connectivity index (χ4n) is 1.91. The van der Waals surface area contributed by atoms with Crippen molar-refractivity contribution < 1.29 is 9.21 Å². The van der Waals surface area contributed by atoms with Gasteiger partial charge in [0.1, 0.15) is 5.76 Å². The van der Waals surface area contributed by atoms with E-state index in [1.165, 1.54) is 0 Å². The minimum atomic E-state index is -0.214. The third-order valence-electron chi connectivity index (χ3n) is 3.02. The van der Waals surface area contributed by atoms with Crippen LogP contribution in [0.5, 0.6) is 0 Å². The number of hydrogen-bond acceptors (Lipinski definition) is 4. The van der Waals surface area contributed by atoms with Gasteiger partial charge in [-0.2, -0.15) is 0 Å². The number of anilines is 1. The summed E-state index contributed by atoms with van der Waals surface area (Å²) in [5.41, 5.74) is 6.95. The number of nitrogens with two attached hydrogens (primary N) is 1. The first-order valence-corrected chi connectivity index (χ1v) is 6.36. The Kier molecular flexibility index (Phi) is 4.36. The summed E-state index contributed by atoms with van der Waals surface area (Å²) >= 11 is 0. The second kappa shape index (κ2) is 6.20. The molecule has 100 valence electrons. The normalized spacial score (nSPS) is 12.3. The first-order chi connectivity index (χ1) is 9.20. The summed E-state index contributed by atoms with van der Waals surface area (Å²) in [6, 6.07) is 10.5. The Balaban J connectivity index is 2.00. The van der Waals surface area contributed by atoms with Gasteiger partial charge in [0.2, 0.25) is 0 Å². The highest BCUT2D eigenvalue weighted by Crippen LogP contribution is 2.10. The van der Waals surface area contributed by atoms with Crippen molar-refractivity contribution in [2.45, 2.75) is 25.9 Å². The Hall–Kier alpha value is -2.07. The van der Waals surface area contributed by atoms with Gasteiger partial charge in [-0.15, -0.1) is 0 Å². The molecule has 0 aliphatic carbocycles. The van der Waals surface area contributed by atoms with E-state index in [2.05, 4.69) is 5.32 Å². The monoisotopic (exact) mass is 258 g/mol. The summed E-state index contributed by atoms with van der Waals surface area (Å²) in [6.45, 7) is 2.53. The predicted octanol–water partition coefficient (Wildman–Crippen LogP) is 2.61. The van der Waals surface area contributed by atoms with Crippen LogP contribution in [0.4, 0.5) is 5.69 Å². The summed E-state index contributed by atoms with van der Waals surface area (Å²) in [6.07, 6.45) is 2.35. The van der Waals surface area contributed by atoms with Gasteiger partial charge in [0, 0.05) is 11.3 Å². The second-order valence-corrected chi connectivity index (χ2v) is 4.41. The maximum Gasteiger partial charge on any atom is 0.179 e. The molecule has 4 heteroatoms. The van der Waals surface area contributed by atoms with E-state index in [1.807, 2.05) is 19.1 Å². The molecule has 1 aromatic heterocycles. The van der Waals surface area contributed by atoms with Crippen molar-refractivity contribution in [2.75, 3.05) is 5.73 Å². The van der Waals surface area contributed by atoms with Crippen molar-refractivity contribution >= 4 is 11.5 Å². The Morgan fingerprint density at radius 2 is 2.05 bits per heavy atom. The maximum absolute atomic E-state index is 12.3. The number of Topliss-reactive ketones (excluding diaryl/α,β-unsaturated/α-hetero) is 1. The topological polar surface area (TPSA) is 68.3 Å². The van der Waals surface area contributed by atoms with Gasteiger partial charge in [-0.1, -0.05) is 6.92 Å². The van der Waals surface area contributed by atoms with E-state index in [0.717, 1.165) is 12.2 Å². The van der Waals surface area contributed by atoms with E-state index in [9.17, 15) is 4.79 Å². The molecule has 1 atom stereocenters. The van der Waals surface area contributed by atoms with Crippen LogP contribution in [0.1, 0.15) is 29.5 Å². The van der Waals surface area contributed by atoms with Crippen LogP contribution in [0, 0.1) is 0 Å². The van der Waals surface area contributed by atoms with E-state index < -0.39 is 0 Å². The zero-order chi connectivity index (χ0) is 13.7. The predicted molar refractivity (Wildman–Crippen MR) is 74.8 cm³/mol. The summed E-state index contributed by atoms with van der Waals surface area (Å²) < 4.78 is 5.24. The Morgan fingerprint density at radius 1 is 1.32 bits per heavy atom. The molecule has 1 aromatic carbocycles. The van der Waals surface area contributed by atoms with Crippen LogP contribution in [0.3, 0.4) is 0 Å². The third kappa shape index (κ3) is 3.45. The zero-order valence-electron chi connectivity index (χ0n) is 10.9. The van der Waals surface area contributed by atoms with Gasteiger partial charge < -0.3 is 15.5 Å². The van der Waals surface area contributed by atoms with Crippen molar-refractivity contribution in [1.82, 2.24) is 5.32 Å². The lowest BCUT2D eigenvalue weighted by Gasteiger charge is -2.15. The summed E-state index contributed by atoms with van der Waals surface area (Å²) in [5.74, 6) is 0.901. The lowest BCUT2D eigenvalue weighted by atomic mass is 10.0. The van der Waals surface area contributed by atoms with Crippen LogP contribution >= 0.6 is 0 Å². The average molecular weight is 258 g/mol. The highest BCUT2D eigenvalue weighted by molar-refractivity contribution is 6.00. The molecular formula is C15H18N2O2. The van der Waals surface area contributed by atoms with Crippen LogP contribution in [0.15, 0.2) is 47.1 Å². The first-order valence-electron chi connectivity index (χ1n) is 6.36. The molecule has 3 N–H and O–H groups in total. The van der Waals surface area contributed by atoms with Crippen molar-refractivity contribution in [3.8, 4) is 0 Å². The molecule has 19 heavy (non-hydrogen) atoms. The first kappa shape index (κ1) is 13.4. The van der Waals surface area contributed by atoms with Gasteiger partial charge in [-0.3, -0.25) is 4.79 Å². The minimum Gasteiger partial charge on any atom is -0.468 e. The second-order valence-electron chi connectivity index (χ2n) is 4.41. The van der Waals surface area contributed by atoms with Gasteiger partial charge in [0.05, 0.1) is 18.8 Å². The lowest BCUT2D eigenvalue weighted by molar-refractivity contribution is 0.0938. The van der Waals surface area contributed by atoms with E-state index in [-0.39, 0.29) is 11.8 Å². The number of ketones is 1. The average Bonchev–Trinajstić information content (AvgIpc) is 2.93. The zero-order valence-corrected chi connectivity index (χ0v) is 10.9. The van der Waals surface area contributed by atoms with Gasteiger partial charge in [0.15, 0.2) is 5.78 Å². The Labute approximate surface area is 112 Å². The largest absolute Gasteiger partial charge is 0.468 e. The van der Waals surface area contributed by atoms with Gasteiger partial charge in [-0.25, -0.2) is 0 Å². The molecule has 0 radical (unpaired) electrons. The fraction of sp³-hybridized carbons (Fsp3) is 0.267. The molecule has 4 nitrogen and oxygen atoms in total. The molecule has 0 spiro atoms. The quantitative estimate of drug-likeness (QED) is 0.617. The van der Waals surface area contributed by atoms with Crippen LogP contribution in [0.25, 0.3) is 0 Å². The molecule has 2 aromatic rings. The standard InChI is InChI=1S/C15H18N2O2/c1-2-14(17-10-13-4-3-9-19-13)15(18)11-5-7-12(16)8-6-11/h3-9,14,17H,2,10,16H2,1H3. The molecule has 0 bridgehead atoms. The molecule has 0 fully saturated rings. The summed E-state index contributed by atoms with van der Waals surface area (Å²) in [7, 11) is 0. The van der Waals surface area contributed by atoms with Crippen LogP contribution in [-0.4, -0.2) is 11.8 Å². The number of carbonyl (C=O) groups excluding carboxylic acids is 1. The van der Waals surface area contributed by atoms with Crippen molar-refractivity contribution in [1.29, 1.82) is 0 Å². The highest BCUT2D eigenvalue weighted by atomic mass is 16.3. The van der Waals surface area contributed by atoms with Gasteiger partial charge >= 0.3 is 0 Å². The van der Waals surface area contributed by atoms with Crippen molar-refractivity contribution in [3.63, 3.8) is 0 Å². The minimum absolute atomic E-state index is 0.0778. The molecule has 0 amide bonds. The van der Waals surface area contributed by atoms with Crippen LogP contribution < -0.4 is 11.1 Å². The summed E-state index contributed by atoms with van der Waals surface area (Å²) in [5, 5.41) is 3.21. The molecule has 1 heterocycles. The number of nitrogens with one attached hydrogen (secondary N) is 1. The molecule has 0 aliphatic heterocycles. The Morgan fingerprint density at radius 3 is 2.63 bits per heavy atom. The molecule has 1 unspecified atom stereocenters. The summed E-state index contributed by atoms with van der Waals surface area (Å²) in [4.78, 5) is 12.3. The molecule has 2 rings (SSSR count).